The molecule has 0 radical (unpaired) electrons. The summed E-state index contributed by atoms with van der Waals surface area (Å²) in [6.07, 6.45) is 6.79. The standard InChI is InChI=1S/C15H25N/c1-3-4-5-6-9-12-16-13-15-11-8-7-10-14(15)2/h7-8,10-11,16H,3-6,9,12-13H2,1-2H3. The van der Waals surface area contributed by atoms with E-state index in [4.69, 9.17) is 0 Å². The number of hydrogen-bond donors (Lipinski definition) is 1. The van der Waals surface area contributed by atoms with E-state index >= 15 is 0 Å². The number of unbranched alkanes of at least 4 members (excludes halogenated alkanes) is 4. The number of nitrogens with one attached hydrogen (secondary N) is 1. The molecular formula is C15H25N. The predicted octanol–water partition coefficient (Wildman–Crippen LogP) is 4.06. The van der Waals surface area contributed by atoms with Gasteiger partial charge in [-0.2, -0.15) is 0 Å². The molecule has 0 amide bonds. The molecule has 90 valence electrons. The van der Waals surface area contributed by atoms with Gasteiger partial charge in [0.1, 0.15) is 0 Å². The SMILES string of the molecule is CCCCCCCNCc1ccccc1C. The largest absolute Gasteiger partial charge is 0.313 e. The van der Waals surface area contributed by atoms with Crippen LogP contribution in [-0.4, -0.2) is 6.54 Å². The van der Waals surface area contributed by atoms with Crippen LogP contribution in [-0.2, 0) is 6.54 Å². The fraction of sp³-hybridized carbons (Fsp3) is 0.600. The maximum absolute atomic E-state index is 3.52. The summed E-state index contributed by atoms with van der Waals surface area (Å²) in [5, 5.41) is 3.52. The molecule has 0 saturated carbocycles. The first kappa shape index (κ1) is 13.2. The van der Waals surface area contributed by atoms with Gasteiger partial charge in [-0.15, -0.1) is 0 Å². The summed E-state index contributed by atoms with van der Waals surface area (Å²) in [6.45, 7) is 6.60. The molecular weight excluding hydrogens is 194 g/mol. The summed E-state index contributed by atoms with van der Waals surface area (Å²) in [5.41, 5.74) is 2.82. The van der Waals surface area contributed by atoms with Gasteiger partial charge < -0.3 is 5.32 Å². The van der Waals surface area contributed by atoms with E-state index in [0.717, 1.165) is 13.1 Å². The van der Waals surface area contributed by atoms with E-state index in [2.05, 4.69) is 43.4 Å². The topological polar surface area (TPSA) is 12.0 Å². The normalized spacial score (nSPS) is 10.6. The first-order chi connectivity index (χ1) is 7.84. The van der Waals surface area contributed by atoms with Crippen LogP contribution in [0.25, 0.3) is 0 Å². The zero-order valence-corrected chi connectivity index (χ0v) is 10.8. The Morgan fingerprint density at radius 2 is 1.75 bits per heavy atom. The average molecular weight is 219 g/mol. The molecule has 0 spiro atoms. The molecule has 0 fully saturated rings. The summed E-state index contributed by atoms with van der Waals surface area (Å²) in [6, 6.07) is 8.60. The summed E-state index contributed by atoms with van der Waals surface area (Å²) in [4.78, 5) is 0. The molecule has 16 heavy (non-hydrogen) atoms. The maximum atomic E-state index is 3.52. The van der Waals surface area contributed by atoms with Gasteiger partial charge in [-0.1, -0.05) is 56.9 Å². The smallest absolute Gasteiger partial charge is 0.0208 e. The van der Waals surface area contributed by atoms with Crippen molar-refractivity contribution in [3.8, 4) is 0 Å². The van der Waals surface area contributed by atoms with Crippen LogP contribution < -0.4 is 5.32 Å². The quantitative estimate of drug-likeness (QED) is 0.650. The fourth-order valence-corrected chi connectivity index (χ4v) is 1.89. The highest BCUT2D eigenvalue weighted by Crippen LogP contribution is 2.06. The zero-order chi connectivity index (χ0) is 11.6. The summed E-state index contributed by atoms with van der Waals surface area (Å²) in [5.74, 6) is 0. The number of rotatable bonds is 8. The van der Waals surface area contributed by atoms with Crippen LogP contribution in [0.2, 0.25) is 0 Å². The number of hydrogen-bond acceptors (Lipinski definition) is 1. The van der Waals surface area contributed by atoms with Gasteiger partial charge in [0.2, 0.25) is 0 Å². The third kappa shape index (κ3) is 5.32. The van der Waals surface area contributed by atoms with Crippen molar-refractivity contribution in [1.82, 2.24) is 5.32 Å². The second-order valence-electron chi connectivity index (χ2n) is 4.52. The third-order valence-corrected chi connectivity index (χ3v) is 3.03. The van der Waals surface area contributed by atoms with E-state index in [1.807, 2.05) is 0 Å². The Morgan fingerprint density at radius 3 is 2.50 bits per heavy atom. The molecule has 1 heteroatoms. The molecule has 0 atom stereocenters. The van der Waals surface area contributed by atoms with E-state index in [9.17, 15) is 0 Å². The van der Waals surface area contributed by atoms with Crippen molar-refractivity contribution in [2.24, 2.45) is 0 Å². The van der Waals surface area contributed by atoms with Gasteiger partial charge in [0.15, 0.2) is 0 Å². The van der Waals surface area contributed by atoms with E-state index in [1.54, 1.807) is 0 Å². The van der Waals surface area contributed by atoms with Crippen LogP contribution >= 0.6 is 0 Å². The first-order valence-corrected chi connectivity index (χ1v) is 6.60. The van der Waals surface area contributed by atoms with Crippen LogP contribution in [0.1, 0.15) is 50.2 Å². The van der Waals surface area contributed by atoms with Gasteiger partial charge in [0, 0.05) is 6.54 Å². The van der Waals surface area contributed by atoms with E-state index in [-0.39, 0.29) is 0 Å². The van der Waals surface area contributed by atoms with Gasteiger partial charge >= 0.3 is 0 Å². The van der Waals surface area contributed by atoms with E-state index < -0.39 is 0 Å². The zero-order valence-electron chi connectivity index (χ0n) is 10.8. The minimum absolute atomic E-state index is 1.01. The van der Waals surface area contributed by atoms with Crippen molar-refractivity contribution in [3.63, 3.8) is 0 Å². The van der Waals surface area contributed by atoms with Crippen LogP contribution in [0.15, 0.2) is 24.3 Å². The molecule has 0 aliphatic rings. The van der Waals surface area contributed by atoms with Crippen molar-refractivity contribution < 1.29 is 0 Å². The first-order valence-electron chi connectivity index (χ1n) is 6.60. The van der Waals surface area contributed by atoms with Crippen molar-refractivity contribution in [3.05, 3.63) is 35.4 Å². The Labute approximate surface area is 100 Å². The Balaban J connectivity index is 2.05. The molecule has 1 N–H and O–H groups in total. The van der Waals surface area contributed by atoms with Gasteiger partial charge in [-0.3, -0.25) is 0 Å². The molecule has 1 aromatic carbocycles. The molecule has 0 bridgehead atoms. The average Bonchev–Trinajstić information content (AvgIpc) is 2.30. The van der Waals surface area contributed by atoms with E-state index in [1.165, 1.54) is 43.2 Å². The lowest BCUT2D eigenvalue weighted by atomic mass is 10.1. The molecule has 1 nitrogen and oxygen atoms in total. The van der Waals surface area contributed by atoms with Crippen molar-refractivity contribution in [2.75, 3.05) is 6.54 Å². The molecule has 0 aromatic heterocycles. The number of aryl methyl sites for hydroxylation is 1. The van der Waals surface area contributed by atoms with Crippen molar-refractivity contribution in [2.45, 2.75) is 52.5 Å². The fourth-order valence-electron chi connectivity index (χ4n) is 1.89. The minimum atomic E-state index is 1.01. The molecule has 0 heterocycles. The van der Waals surface area contributed by atoms with Gasteiger partial charge in [-0.05, 0) is 31.0 Å². The summed E-state index contributed by atoms with van der Waals surface area (Å²) < 4.78 is 0. The Bertz CT molecular complexity index is 281. The molecule has 0 unspecified atom stereocenters. The lowest BCUT2D eigenvalue weighted by Gasteiger charge is -2.07. The Kier molecular flexibility index (Phi) is 6.91. The molecule has 0 aliphatic heterocycles. The predicted molar refractivity (Wildman–Crippen MR) is 71.6 cm³/mol. The molecule has 1 aromatic rings. The van der Waals surface area contributed by atoms with Gasteiger partial charge in [0.25, 0.3) is 0 Å². The van der Waals surface area contributed by atoms with Crippen LogP contribution in [0.3, 0.4) is 0 Å². The van der Waals surface area contributed by atoms with Crippen LogP contribution in [0.5, 0.6) is 0 Å². The lowest BCUT2D eigenvalue weighted by molar-refractivity contribution is 0.583. The third-order valence-electron chi connectivity index (χ3n) is 3.03. The lowest BCUT2D eigenvalue weighted by Crippen LogP contribution is -2.15. The van der Waals surface area contributed by atoms with Crippen LogP contribution in [0, 0.1) is 6.92 Å². The second-order valence-corrected chi connectivity index (χ2v) is 4.52. The Morgan fingerprint density at radius 1 is 1.00 bits per heavy atom. The molecule has 0 saturated heterocycles. The summed E-state index contributed by atoms with van der Waals surface area (Å²) >= 11 is 0. The van der Waals surface area contributed by atoms with Gasteiger partial charge in [-0.25, -0.2) is 0 Å². The Hall–Kier alpha value is -0.820. The van der Waals surface area contributed by atoms with Crippen molar-refractivity contribution >= 4 is 0 Å². The highest BCUT2D eigenvalue weighted by molar-refractivity contribution is 5.25. The van der Waals surface area contributed by atoms with E-state index in [0.29, 0.717) is 0 Å². The van der Waals surface area contributed by atoms with Crippen molar-refractivity contribution in [1.29, 1.82) is 0 Å². The van der Waals surface area contributed by atoms with Crippen LogP contribution in [0.4, 0.5) is 0 Å². The highest BCUT2D eigenvalue weighted by Gasteiger charge is 1.95. The molecule has 0 aliphatic carbocycles. The summed E-state index contributed by atoms with van der Waals surface area (Å²) in [7, 11) is 0. The maximum Gasteiger partial charge on any atom is 0.0208 e. The molecule has 1 rings (SSSR count). The highest BCUT2D eigenvalue weighted by atomic mass is 14.8. The second kappa shape index (κ2) is 8.35. The number of benzene rings is 1. The van der Waals surface area contributed by atoms with Gasteiger partial charge in [0.05, 0.1) is 0 Å². The minimum Gasteiger partial charge on any atom is -0.313 e. The monoisotopic (exact) mass is 219 g/mol.